The molecule has 1 atom stereocenters. The lowest BCUT2D eigenvalue weighted by Gasteiger charge is -2.18. The van der Waals surface area contributed by atoms with Gasteiger partial charge in [0.15, 0.2) is 6.10 Å². The molecule has 0 bridgehead atoms. The maximum Gasteiger partial charge on any atom is 0.306 e. The van der Waals surface area contributed by atoms with E-state index in [0.717, 1.165) is 154 Å². The Bertz CT molecular complexity index is 1840. The maximum absolute atomic E-state index is 12.9. The van der Waals surface area contributed by atoms with E-state index < -0.39 is 6.10 Å². The fourth-order valence-electron chi connectivity index (χ4n) is 8.11. The van der Waals surface area contributed by atoms with E-state index in [1.165, 1.54) is 57.8 Å². The molecule has 0 rings (SSSR count). The zero-order valence-electron chi connectivity index (χ0n) is 51.3. The van der Waals surface area contributed by atoms with Crippen molar-refractivity contribution in [3.8, 4) is 0 Å². The second-order valence-corrected chi connectivity index (χ2v) is 20.6. The number of hydrogen-bond donors (Lipinski definition) is 0. The molecule has 0 aliphatic carbocycles. The van der Waals surface area contributed by atoms with Gasteiger partial charge in [-0.05, 0) is 148 Å². The summed E-state index contributed by atoms with van der Waals surface area (Å²) in [4.78, 5) is 38.3. The summed E-state index contributed by atoms with van der Waals surface area (Å²) in [5, 5.41) is 0. The van der Waals surface area contributed by atoms with Crippen LogP contribution in [0.15, 0.2) is 170 Å². The molecule has 448 valence electrons. The molecule has 1 unspecified atom stereocenters. The molecule has 0 aromatic heterocycles. The zero-order chi connectivity index (χ0) is 57.8. The molecular weight excluding hydrogens is 985 g/mol. The van der Waals surface area contributed by atoms with Crippen LogP contribution in [0.3, 0.4) is 0 Å². The lowest BCUT2D eigenvalue weighted by atomic mass is 10.1. The van der Waals surface area contributed by atoms with Crippen LogP contribution in [0, 0.1) is 0 Å². The van der Waals surface area contributed by atoms with E-state index in [-0.39, 0.29) is 37.5 Å². The molecular formula is C74H116O6. The van der Waals surface area contributed by atoms with Gasteiger partial charge < -0.3 is 14.2 Å². The minimum Gasteiger partial charge on any atom is -0.462 e. The van der Waals surface area contributed by atoms with Crippen molar-refractivity contribution in [3.05, 3.63) is 170 Å². The van der Waals surface area contributed by atoms with Crippen LogP contribution < -0.4 is 0 Å². The SMILES string of the molecule is CC/C=C\C/C=C\C/C=C\C/C=C\C/C=C\C/C=C\C/C=C\C/C=C\C/C=C\CCCC(=O)OCC(COC(=O)CCCCCCC/C=C\C/C=C\CCCC)OC(=O)CCCCCCCC/C=C\C/C=C\C/C=C\CCCCC. The Labute approximate surface area is 492 Å². The van der Waals surface area contributed by atoms with Gasteiger partial charge in [-0.1, -0.05) is 262 Å². The summed E-state index contributed by atoms with van der Waals surface area (Å²) in [6, 6.07) is 0. The van der Waals surface area contributed by atoms with Gasteiger partial charge >= 0.3 is 17.9 Å². The molecule has 0 heterocycles. The van der Waals surface area contributed by atoms with Crippen molar-refractivity contribution in [1.82, 2.24) is 0 Å². The molecule has 0 fully saturated rings. The van der Waals surface area contributed by atoms with Gasteiger partial charge in [-0.25, -0.2) is 0 Å². The first-order chi connectivity index (χ1) is 39.5. The number of esters is 3. The van der Waals surface area contributed by atoms with Crippen molar-refractivity contribution in [2.24, 2.45) is 0 Å². The van der Waals surface area contributed by atoms with Crippen LogP contribution >= 0.6 is 0 Å². The summed E-state index contributed by atoms with van der Waals surface area (Å²) in [5.41, 5.74) is 0. The minimum absolute atomic E-state index is 0.116. The van der Waals surface area contributed by atoms with Gasteiger partial charge in [0, 0.05) is 19.3 Å². The van der Waals surface area contributed by atoms with Crippen LogP contribution in [0.1, 0.15) is 258 Å². The van der Waals surface area contributed by atoms with Crippen LogP contribution in [0.4, 0.5) is 0 Å². The van der Waals surface area contributed by atoms with Crippen molar-refractivity contribution in [3.63, 3.8) is 0 Å². The molecule has 0 aromatic rings. The van der Waals surface area contributed by atoms with E-state index in [2.05, 4.69) is 191 Å². The Hall–Kier alpha value is -5.23. The van der Waals surface area contributed by atoms with E-state index in [1.807, 2.05) is 0 Å². The third-order valence-corrected chi connectivity index (χ3v) is 12.9. The molecule has 6 nitrogen and oxygen atoms in total. The fourth-order valence-corrected chi connectivity index (χ4v) is 8.11. The highest BCUT2D eigenvalue weighted by molar-refractivity contribution is 5.71. The van der Waals surface area contributed by atoms with Gasteiger partial charge in [0.25, 0.3) is 0 Å². The predicted molar refractivity (Wildman–Crippen MR) is 348 cm³/mol. The maximum atomic E-state index is 12.9. The number of unbranched alkanes of at least 4 members (excludes halogenated alkanes) is 17. The average Bonchev–Trinajstić information content (AvgIpc) is 3.46. The summed E-state index contributed by atoms with van der Waals surface area (Å²) < 4.78 is 16.8. The number of carbonyl (C=O) groups excluding carboxylic acids is 3. The van der Waals surface area contributed by atoms with Crippen molar-refractivity contribution < 1.29 is 28.6 Å². The van der Waals surface area contributed by atoms with Crippen molar-refractivity contribution in [2.45, 2.75) is 264 Å². The first kappa shape index (κ1) is 74.8. The molecule has 0 aliphatic heterocycles. The minimum atomic E-state index is -0.825. The molecule has 0 aliphatic rings. The van der Waals surface area contributed by atoms with Crippen LogP contribution in [-0.2, 0) is 28.6 Å². The average molecular weight is 1100 g/mol. The molecule has 6 heteroatoms. The van der Waals surface area contributed by atoms with Crippen LogP contribution in [0.25, 0.3) is 0 Å². The van der Waals surface area contributed by atoms with Crippen LogP contribution in [0.2, 0.25) is 0 Å². The Balaban J connectivity index is 4.51. The van der Waals surface area contributed by atoms with E-state index in [9.17, 15) is 14.4 Å². The van der Waals surface area contributed by atoms with Gasteiger partial charge in [-0.15, -0.1) is 0 Å². The highest BCUT2D eigenvalue weighted by Crippen LogP contribution is 2.13. The topological polar surface area (TPSA) is 78.9 Å². The van der Waals surface area contributed by atoms with Gasteiger partial charge in [-0.3, -0.25) is 14.4 Å². The fraction of sp³-hybridized carbons (Fsp3) is 0.581. The molecule has 0 aromatic carbocycles. The molecule has 0 N–H and O–H groups in total. The summed E-state index contributed by atoms with van der Waals surface area (Å²) in [6.07, 6.45) is 97.8. The van der Waals surface area contributed by atoms with Crippen molar-refractivity contribution in [2.75, 3.05) is 13.2 Å². The molecule has 0 amide bonds. The van der Waals surface area contributed by atoms with Gasteiger partial charge in [0.05, 0.1) is 0 Å². The third-order valence-electron chi connectivity index (χ3n) is 12.9. The van der Waals surface area contributed by atoms with Gasteiger partial charge in [-0.2, -0.15) is 0 Å². The summed E-state index contributed by atoms with van der Waals surface area (Å²) in [6.45, 7) is 6.38. The largest absolute Gasteiger partial charge is 0.462 e. The zero-order valence-corrected chi connectivity index (χ0v) is 51.3. The quantitative estimate of drug-likeness (QED) is 0.0261. The van der Waals surface area contributed by atoms with Gasteiger partial charge in [0.2, 0.25) is 0 Å². The molecule has 80 heavy (non-hydrogen) atoms. The lowest BCUT2D eigenvalue weighted by molar-refractivity contribution is -0.167. The van der Waals surface area contributed by atoms with E-state index in [1.54, 1.807) is 0 Å². The van der Waals surface area contributed by atoms with E-state index in [0.29, 0.717) is 19.3 Å². The molecule has 0 radical (unpaired) electrons. The predicted octanol–water partition coefficient (Wildman–Crippen LogP) is 22.3. The number of allylic oxidation sites excluding steroid dienone is 28. The summed E-state index contributed by atoms with van der Waals surface area (Å²) >= 11 is 0. The summed E-state index contributed by atoms with van der Waals surface area (Å²) in [7, 11) is 0. The highest BCUT2D eigenvalue weighted by Gasteiger charge is 2.19. The van der Waals surface area contributed by atoms with Crippen LogP contribution in [0.5, 0.6) is 0 Å². The Morgan fingerprint density at radius 2 is 0.512 bits per heavy atom. The van der Waals surface area contributed by atoms with Gasteiger partial charge in [0.1, 0.15) is 13.2 Å². The lowest BCUT2D eigenvalue weighted by Crippen LogP contribution is -2.30. The van der Waals surface area contributed by atoms with Crippen LogP contribution in [-0.4, -0.2) is 37.2 Å². The second kappa shape index (κ2) is 66.3. The smallest absolute Gasteiger partial charge is 0.306 e. The Kier molecular flexibility index (Phi) is 61.9. The number of ether oxygens (including phenoxy) is 3. The van der Waals surface area contributed by atoms with E-state index >= 15 is 0 Å². The Morgan fingerprint density at radius 3 is 0.850 bits per heavy atom. The summed E-state index contributed by atoms with van der Waals surface area (Å²) in [5.74, 6) is -1.01. The monoisotopic (exact) mass is 1100 g/mol. The molecule has 0 saturated heterocycles. The Morgan fingerprint density at radius 1 is 0.263 bits per heavy atom. The highest BCUT2D eigenvalue weighted by atomic mass is 16.6. The number of hydrogen-bond acceptors (Lipinski definition) is 6. The van der Waals surface area contributed by atoms with E-state index in [4.69, 9.17) is 14.2 Å². The first-order valence-electron chi connectivity index (χ1n) is 32.1. The normalized spacial score (nSPS) is 13.3. The first-order valence-corrected chi connectivity index (χ1v) is 32.1. The molecule has 0 spiro atoms. The number of rotatable bonds is 56. The number of carbonyl (C=O) groups is 3. The standard InChI is InChI=1S/C74H116O6/c1-4-7-10-13-16-19-22-25-28-30-32-33-34-35-36-37-38-39-40-41-43-44-46-49-52-55-58-61-64-67-73(76)79-70-71(69-78-72(75)66-63-60-57-54-51-48-27-24-21-18-15-12-9-6-3)80-74(77)68-65-62-59-56-53-50-47-45-42-31-29-26-23-20-17-14-11-8-5-2/h7,10,15-20,24-29,32-33,35-36,38-39,41-43,45-46,49,55,58,71H,4-6,8-9,11-14,21-23,30-31,34,37,40,44,47-48,50-54,56-57,59-70H2,1-3H3/b10-7-,18-15-,19-16-,20-17-,27-24-,28-25-,29-26-,33-32-,36-35-,39-38-,43-41-,45-42-,49-46-,58-55-. The second-order valence-electron chi connectivity index (χ2n) is 20.6. The third kappa shape index (κ3) is 63.6. The molecule has 0 saturated carbocycles. The van der Waals surface area contributed by atoms with Crippen molar-refractivity contribution >= 4 is 17.9 Å². The van der Waals surface area contributed by atoms with Crippen molar-refractivity contribution in [1.29, 1.82) is 0 Å².